The zero-order valence-corrected chi connectivity index (χ0v) is 20.6. The number of aliphatic imine (C=N–C) groups is 1. The average molecular weight is 534 g/mol. The molecule has 162 valence electrons. The number of hydrogen-bond acceptors (Lipinski definition) is 5. The molecule has 0 aliphatic rings. The molecule has 0 fully saturated rings. The molecule has 0 radical (unpaired) electrons. The molecule has 0 aliphatic carbocycles. The summed E-state index contributed by atoms with van der Waals surface area (Å²) in [5.41, 5.74) is 0.727. The van der Waals surface area contributed by atoms with Crippen LogP contribution >= 0.6 is 24.0 Å². The zero-order valence-electron chi connectivity index (χ0n) is 17.4. The second-order valence-electron chi connectivity index (χ2n) is 7.65. The molecule has 1 aromatic carbocycles. The predicted octanol–water partition coefficient (Wildman–Crippen LogP) is 3.26. The van der Waals surface area contributed by atoms with Crippen LogP contribution in [0.5, 0.6) is 0 Å². The number of guanidine groups is 1. The second-order valence-corrected chi connectivity index (χ2v) is 9.84. The van der Waals surface area contributed by atoms with Gasteiger partial charge in [-0.3, -0.25) is 4.99 Å². The van der Waals surface area contributed by atoms with Gasteiger partial charge in [0.05, 0.1) is 24.2 Å². The molecule has 0 bridgehead atoms. The SMILES string of the molecule is CN=C(NCCCS(=O)(=O)Cc1ccccc1)NCc1ncc(C(C)(C)C)o1.I. The minimum absolute atomic E-state index is 0. The monoisotopic (exact) mass is 534 g/mol. The van der Waals surface area contributed by atoms with Gasteiger partial charge in [0.2, 0.25) is 5.89 Å². The number of benzene rings is 1. The lowest BCUT2D eigenvalue weighted by atomic mass is 9.94. The Morgan fingerprint density at radius 2 is 1.86 bits per heavy atom. The van der Waals surface area contributed by atoms with Crippen LogP contribution in [-0.2, 0) is 27.5 Å². The highest BCUT2D eigenvalue weighted by molar-refractivity contribution is 14.0. The van der Waals surface area contributed by atoms with Crippen LogP contribution in [0.2, 0.25) is 0 Å². The highest BCUT2D eigenvalue weighted by atomic mass is 127. The fraction of sp³-hybridized carbons (Fsp3) is 0.500. The Morgan fingerprint density at radius 1 is 1.17 bits per heavy atom. The topological polar surface area (TPSA) is 96.6 Å². The van der Waals surface area contributed by atoms with Crippen molar-refractivity contribution in [3.8, 4) is 0 Å². The number of oxazole rings is 1. The Kier molecular flexibility index (Phi) is 10.1. The van der Waals surface area contributed by atoms with Crippen molar-refractivity contribution in [3.05, 3.63) is 53.7 Å². The molecular weight excluding hydrogens is 503 g/mol. The molecule has 0 spiro atoms. The number of nitrogens with one attached hydrogen (secondary N) is 2. The van der Waals surface area contributed by atoms with E-state index in [1.165, 1.54) is 0 Å². The van der Waals surface area contributed by atoms with Crippen molar-refractivity contribution in [1.29, 1.82) is 0 Å². The molecule has 7 nitrogen and oxygen atoms in total. The lowest BCUT2D eigenvalue weighted by Gasteiger charge is -2.13. The number of sulfone groups is 1. The summed E-state index contributed by atoms with van der Waals surface area (Å²) in [6, 6.07) is 9.23. The largest absolute Gasteiger partial charge is 0.443 e. The average Bonchev–Trinajstić information content (AvgIpc) is 3.11. The van der Waals surface area contributed by atoms with Gasteiger partial charge in [-0.25, -0.2) is 13.4 Å². The first-order valence-electron chi connectivity index (χ1n) is 9.34. The van der Waals surface area contributed by atoms with Crippen molar-refractivity contribution in [2.75, 3.05) is 19.3 Å². The van der Waals surface area contributed by atoms with E-state index in [-0.39, 0.29) is 40.9 Å². The summed E-state index contributed by atoms with van der Waals surface area (Å²) in [6.07, 6.45) is 2.24. The molecule has 1 heterocycles. The third kappa shape index (κ3) is 9.16. The Bertz CT molecular complexity index is 875. The van der Waals surface area contributed by atoms with Gasteiger partial charge < -0.3 is 15.1 Å². The van der Waals surface area contributed by atoms with E-state index in [0.29, 0.717) is 31.4 Å². The van der Waals surface area contributed by atoms with Crippen molar-refractivity contribution in [3.63, 3.8) is 0 Å². The highest BCUT2D eigenvalue weighted by Gasteiger charge is 2.19. The maximum absolute atomic E-state index is 12.2. The van der Waals surface area contributed by atoms with Crippen LogP contribution in [0.3, 0.4) is 0 Å². The van der Waals surface area contributed by atoms with Crippen molar-refractivity contribution in [2.24, 2.45) is 4.99 Å². The first-order chi connectivity index (χ1) is 13.2. The standard InChI is InChI=1S/C20H30N4O3S.HI/c1-20(2,3)17-13-23-18(27-17)14-24-19(21-4)22-11-8-12-28(25,26)15-16-9-6-5-7-10-16;/h5-7,9-10,13H,8,11-12,14-15H2,1-4H3,(H2,21,22,24);1H. The van der Waals surface area contributed by atoms with Gasteiger partial charge in [0, 0.05) is 19.0 Å². The Labute approximate surface area is 190 Å². The fourth-order valence-electron chi connectivity index (χ4n) is 2.52. The Hall–Kier alpha value is -1.62. The molecule has 0 saturated heterocycles. The van der Waals surface area contributed by atoms with Crippen molar-refractivity contribution >= 4 is 39.8 Å². The van der Waals surface area contributed by atoms with Crippen LogP contribution in [0.25, 0.3) is 0 Å². The summed E-state index contributed by atoms with van der Waals surface area (Å²) in [4.78, 5) is 8.40. The van der Waals surface area contributed by atoms with E-state index in [1.54, 1.807) is 13.2 Å². The molecule has 2 rings (SSSR count). The smallest absolute Gasteiger partial charge is 0.213 e. The van der Waals surface area contributed by atoms with Crippen molar-refractivity contribution < 1.29 is 12.8 Å². The number of aromatic nitrogens is 1. The van der Waals surface area contributed by atoms with Crippen LogP contribution in [0.15, 0.2) is 45.9 Å². The third-order valence-electron chi connectivity index (χ3n) is 4.08. The normalized spacial score (nSPS) is 12.3. The van der Waals surface area contributed by atoms with Crippen LogP contribution < -0.4 is 10.6 Å². The molecule has 0 unspecified atom stereocenters. The van der Waals surface area contributed by atoms with Gasteiger partial charge in [0.15, 0.2) is 15.8 Å². The first-order valence-corrected chi connectivity index (χ1v) is 11.2. The van der Waals surface area contributed by atoms with Gasteiger partial charge in [-0.1, -0.05) is 51.1 Å². The van der Waals surface area contributed by atoms with Crippen LogP contribution in [0.1, 0.15) is 44.4 Å². The number of rotatable bonds is 8. The summed E-state index contributed by atoms with van der Waals surface area (Å²) in [5.74, 6) is 2.19. The van der Waals surface area contributed by atoms with E-state index < -0.39 is 9.84 Å². The molecule has 0 saturated carbocycles. The van der Waals surface area contributed by atoms with Gasteiger partial charge in [0.1, 0.15) is 5.76 Å². The van der Waals surface area contributed by atoms with E-state index in [1.807, 2.05) is 30.3 Å². The Balaban J connectivity index is 0.00000420. The molecule has 2 N–H and O–H groups in total. The van der Waals surface area contributed by atoms with E-state index in [9.17, 15) is 8.42 Å². The summed E-state index contributed by atoms with van der Waals surface area (Å²) in [6.45, 7) is 7.11. The molecule has 0 aliphatic heterocycles. The van der Waals surface area contributed by atoms with Gasteiger partial charge in [-0.15, -0.1) is 24.0 Å². The molecule has 0 amide bonds. The minimum Gasteiger partial charge on any atom is -0.443 e. The van der Waals surface area contributed by atoms with E-state index >= 15 is 0 Å². The van der Waals surface area contributed by atoms with Crippen molar-refractivity contribution in [2.45, 2.75) is 44.9 Å². The van der Waals surface area contributed by atoms with Gasteiger partial charge >= 0.3 is 0 Å². The number of hydrogen-bond donors (Lipinski definition) is 2. The second kappa shape index (κ2) is 11.5. The number of halogens is 1. The van der Waals surface area contributed by atoms with Crippen LogP contribution in [0.4, 0.5) is 0 Å². The molecule has 2 aromatic rings. The summed E-state index contributed by atoms with van der Waals surface area (Å²) < 4.78 is 30.2. The van der Waals surface area contributed by atoms with Gasteiger partial charge in [-0.2, -0.15) is 0 Å². The highest BCUT2D eigenvalue weighted by Crippen LogP contribution is 2.22. The van der Waals surface area contributed by atoms with Crippen LogP contribution in [-0.4, -0.2) is 38.7 Å². The maximum atomic E-state index is 12.2. The number of nitrogens with zero attached hydrogens (tertiary/aromatic N) is 2. The van der Waals surface area contributed by atoms with Gasteiger partial charge in [0.25, 0.3) is 0 Å². The molecule has 0 atom stereocenters. The van der Waals surface area contributed by atoms with Crippen LogP contribution in [0, 0.1) is 0 Å². The van der Waals surface area contributed by atoms with E-state index in [4.69, 9.17) is 4.42 Å². The van der Waals surface area contributed by atoms with E-state index in [0.717, 1.165) is 11.3 Å². The predicted molar refractivity (Wildman–Crippen MR) is 127 cm³/mol. The third-order valence-corrected chi connectivity index (χ3v) is 5.76. The Morgan fingerprint density at radius 3 is 2.45 bits per heavy atom. The van der Waals surface area contributed by atoms with Crippen molar-refractivity contribution in [1.82, 2.24) is 15.6 Å². The van der Waals surface area contributed by atoms with E-state index in [2.05, 4.69) is 41.4 Å². The summed E-state index contributed by atoms with van der Waals surface area (Å²) >= 11 is 0. The lowest BCUT2D eigenvalue weighted by Crippen LogP contribution is -2.37. The molecular formula is C20H31IN4O3S. The quantitative estimate of drug-likeness (QED) is 0.234. The zero-order chi connectivity index (χ0) is 20.6. The minimum atomic E-state index is -3.13. The summed E-state index contributed by atoms with van der Waals surface area (Å²) in [5, 5.41) is 6.24. The molecule has 1 aromatic heterocycles. The first kappa shape index (κ1) is 25.4. The maximum Gasteiger partial charge on any atom is 0.213 e. The molecule has 29 heavy (non-hydrogen) atoms. The molecule has 9 heteroatoms. The lowest BCUT2D eigenvalue weighted by molar-refractivity contribution is 0.379. The van der Waals surface area contributed by atoms with Gasteiger partial charge in [-0.05, 0) is 12.0 Å². The fourth-order valence-corrected chi connectivity index (χ4v) is 3.95. The summed E-state index contributed by atoms with van der Waals surface area (Å²) in [7, 11) is -1.47.